The average molecular weight is 312 g/mol. The zero-order chi connectivity index (χ0) is 17.6. The number of rotatable bonds is 1. The van der Waals surface area contributed by atoms with E-state index in [1.807, 2.05) is 27.7 Å². The van der Waals surface area contributed by atoms with Crippen LogP contribution in [-0.2, 0) is 0 Å². The highest BCUT2D eigenvalue weighted by molar-refractivity contribution is 6.31. The molecule has 23 heavy (non-hydrogen) atoms. The van der Waals surface area contributed by atoms with Crippen LogP contribution in [0.3, 0.4) is 0 Å². The third-order valence-corrected chi connectivity index (χ3v) is 3.38. The van der Waals surface area contributed by atoms with E-state index in [0.717, 1.165) is 0 Å². The SMILES string of the molecule is CC.CC.CNc1ccc(N)c2c1C(=O)c1ccccc1C2=O. The molecular weight excluding hydrogens is 288 g/mol. The van der Waals surface area contributed by atoms with Crippen LogP contribution in [0.15, 0.2) is 36.4 Å². The molecule has 3 rings (SSSR count). The lowest BCUT2D eigenvalue weighted by Gasteiger charge is -2.21. The van der Waals surface area contributed by atoms with E-state index >= 15 is 0 Å². The van der Waals surface area contributed by atoms with Gasteiger partial charge in [-0.1, -0.05) is 52.0 Å². The van der Waals surface area contributed by atoms with E-state index < -0.39 is 0 Å². The number of nitrogens with one attached hydrogen (secondary N) is 1. The minimum absolute atomic E-state index is 0.165. The number of anilines is 2. The first-order valence-electron chi connectivity index (χ1n) is 7.93. The molecule has 0 aromatic heterocycles. The molecule has 3 N–H and O–H groups in total. The molecule has 4 heteroatoms. The Bertz CT molecular complexity index is 721. The van der Waals surface area contributed by atoms with Crippen molar-refractivity contribution in [3.05, 3.63) is 58.7 Å². The highest BCUT2D eigenvalue weighted by Crippen LogP contribution is 2.34. The second kappa shape index (κ2) is 8.13. The summed E-state index contributed by atoms with van der Waals surface area (Å²) >= 11 is 0. The van der Waals surface area contributed by atoms with E-state index in [2.05, 4.69) is 5.32 Å². The van der Waals surface area contributed by atoms with Gasteiger partial charge in [-0.25, -0.2) is 0 Å². The second-order valence-corrected chi connectivity index (χ2v) is 4.41. The normalized spacial score (nSPS) is 11.2. The van der Waals surface area contributed by atoms with Crippen LogP contribution in [0, 0.1) is 0 Å². The summed E-state index contributed by atoms with van der Waals surface area (Å²) in [6.45, 7) is 8.00. The third kappa shape index (κ3) is 3.11. The molecule has 0 saturated heterocycles. The predicted molar refractivity (Wildman–Crippen MR) is 96.4 cm³/mol. The molecule has 0 bridgehead atoms. The quantitative estimate of drug-likeness (QED) is 0.662. The van der Waals surface area contributed by atoms with Gasteiger partial charge < -0.3 is 11.1 Å². The number of carbonyl (C=O) groups excluding carboxylic acids is 2. The van der Waals surface area contributed by atoms with Crippen molar-refractivity contribution in [1.29, 1.82) is 0 Å². The van der Waals surface area contributed by atoms with Gasteiger partial charge in [0.25, 0.3) is 0 Å². The fraction of sp³-hybridized carbons (Fsp3) is 0.263. The molecule has 2 aromatic rings. The monoisotopic (exact) mass is 312 g/mol. The number of hydrogen-bond donors (Lipinski definition) is 2. The number of ketones is 2. The van der Waals surface area contributed by atoms with Crippen molar-refractivity contribution in [3.63, 3.8) is 0 Å². The van der Waals surface area contributed by atoms with Crippen LogP contribution in [0.1, 0.15) is 59.5 Å². The lowest BCUT2D eigenvalue weighted by Crippen LogP contribution is -2.23. The standard InChI is InChI=1S/C15H12N2O2.2C2H6/c1-17-11-7-6-10(16)12-13(11)15(19)9-5-3-2-4-8(9)14(12)18;2*1-2/h2-7,17H,16H2,1H3;2*1-2H3. The maximum atomic E-state index is 12.5. The van der Waals surface area contributed by atoms with Gasteiger partial charge in [0, 0.05) is 29.5 Å². The molecule has 122 valence electrons. The Morgan fingerprint density at radius 2 is 1.26 bits per heavy atom. The van der Waals surface area contributed by atoms with Gasteiger partial charge in [0.1, 0.15) is 0 Å². The Labute approximate surface area is 137 Å². The van der Waals surface area contributed by atoms with E-state index in [4.69, 9.17) is 5.73 Å². The zero-order valence-corrected chi connectivity index (χ0v) is 14.4. The molecule has 0 spiro atoms. The first-order valence-corrected chi connectivity index (χ1v) is 7.93. The number of nitrogen functional groups attached to an aromatic ring is 1. The van der Waals surface area contributed by atoms with Gasteiger partial charge >= 0.3 is 0 Å². The van der Waals surface area contributed by atoms with Crippen molar-refractivity contribution in [3.8, 4) is 0 Å². The molecule has 0 saturated carbocycles. The largest absolute Gasteiger partial charge is 0.398 e. The Morgan fingerprint density at radius 1 is 0.783 bits per heavy atom. The summed E-state index contributed by atoms with van der Waals surface area (Å²) in [6, 6.07) is 10.2. The van der Waals surface area contributed by atoms with E-state index in [-0.39, 0.29) is 11.6 Å². The van der Waals surface area contributed by atoms with Crippen LogP contribution in [0.4, 0.5) is 11.4 Å². The molecule has 0 heterocycles. The van der Waals surface area contributed by atoms with Gasteiger partial charge in [-0.3, -0.25) is 9.59 Å². The Morgan fingerprint density at radius 3 is 1.74 bits per heavy atom. The second-order valence-electron chi connectivity index (χ2n) is 4.41. The van der Waals surface area contributed by atoms with Gasteiger partial charge in [0.15, 0.2) is 11.6 Å². The Kier molecular flexibility index (Phi) is 6.51. The Hall–Kier alpha value is -2.62. The van der Waals surface area contributed by atoms with Gasteiger partial charge in [0.2, 0.25) is 0 Å². The van der Waals surface area contributed by atoms with Crippen molar-refractivity contribution in [2.75, 3.05) is 18.1 Å². The van der Waals surface area contributed by atoms with Crippen LogP contribution in [0.5, 0.6) is 0 Å². The summed E-state index contributed by atoms with van der Waals surface area (Å²) in [5.41, 5.74) is 8.35. The average Bonchev–Trinajstić information content (AvgIpc) is 2.63. The maximum Gasteiger partial charge on any atom is 0.196 e. The summed E-state index contributed by atoms with van der Waals surface area (Å²) in [7, 11) is 1.71. The lowest BCUT2D eigenvalue weighted by molar-refractivity contribution is 0.0980. The van der Waals surface area contributed by atoms with Crippen molar-refractivity contribution in [1.82, 2.24) is 0 Å². The molecule has 0 aliphatic heterocycles. The molecule has 4 nitrogen and oxygen atoms in total. The first-order chi connectivity index (χ1) is 11.1. The molecule has 1 aliphatic rings. The highest BCUT2D eigenvalue weighted by Gasteiger charge is 2.32. The number of nitrogens with two attached hydrogens (primary N) is 1. The summed E-state index contributed by atoms with van der Waals surface area (Å²) in [6.07, 6.45) is 0. The molecule has 2 aromatic carbocycles. The van der Waals surface area contributed by atoms with Gasteiger partial charge in [-0.2, -0.15) is 0 Å². The van der Waals surface area contributed by atoms with Crippen LogP contribution in [0.25, 0.3) is 0 Å². The molecule has 0 atom stereocenters. The summed E-state index contributed by atoms with van der Waals surface area (Å²) in [5.74, 6) is -0.360. The van der Waals surface area contributed by atoms with Crippen LogP contribution < -0.4 is 11.1 Å². The predicted octanol–water partition coefficient (Wildman–Crippen LogP) is 4.14. The van der Waals surface area contributed by atoms with E-state index in [9.17, 15) is 9.59 Å². The van der Waals surface area contributed by atoms with Crippen LogP contribution in [-0.4, -0.2) is 18.6 Å². The van der Waals surface area contributed by atoms with E-state index in [1.165, 1.54) is 0 Å². The summed E-state index contributed by atoms with van der Waals surface area (Å²) in [4.78, 5) is 25.0. The number of fused-ring (bicyclic) bond motifs is 2. The van der Waals surface area contributed by atoms with Gasteiger partial charge in [-0.05, 0) is 12.1 Å². The number of hydrogen-bond acceptors (Lipinski definition) is 4. The number of carbonyl (C=O) groups is 2. The first kappa shape index (κ1) is 18.4. The van der Waals surface area contributed by atoms with Gasteiger partial charge in [0.05, 0.1) is 11.1 Å². The molecular formula is C19H24N2O2. The molecule has 0 fully saturated rings. The van der Waals surface area contributed by atoms with Crippen molar-refractivity contribution >= 4 is 22.9 Å². The smallest absolute Gasteiger partial charge is 0.196 e. The molecule has 0 amide bonds. The van der Waals surface area contributed by atoms with E-state index in [0.29, 0.717) is 33.6 Å². The lowest BCUT2D eigenvalue weighted by atomic mass is 9.82. The van der Waals surface area contributed by atoms with E-state index in [1.54, 1.807) is 43.4 Å². The van der Waals surface area contributed by atoms with Crippen molar-refractivity contribution in [2.45, 2.75) is 27.7 Å². The van der Waals surface area contributed by atoms with Crippen LogP contribution in [0.2, 0.25) is 0 Å². The zero-order valence-electron chi connectivity index (χ0n) is 14.4. The molecule has 0 radical (unpaired) electrons. The topological polar surface area (TPSA) is 72.2 Å². The fourth-order valence-electron chi connectivity index (χ4n) is 2.46. The molecule has 1 aliphatic carbocycles. The van der Waals surface area contributed by atoms with Crippen molar-refractivity contribution < 1.29 is 9.59 Å². The highest BCUT2D eigenvalue weighted by atomic mass is 16.1. The van der Waals surface area contributed by atoms with Gasteiger partial charge in [-0.15, -0.1) is 0 Å². The third-order valence-electron chi connectivity index (χ3n) is 3.38. The minimum Gasteiger partial charge on any atom is -0.398 e. The summed E-state index contributed by atoms with van der Waals surface area (Å²) < 4.78 is 0. The number of benzene rings is 2. The minimum atomic E-state index is -0.195. The molecule has 0 unspecified atom stereocenters. The van der Waals surface area contributed by atoms with Crippen LogP contribution >= 0.6 is 0 Å². The summed E-state index contributed by atoms with van der Waals surface area (Å²) in [5, 5.41) is 2.94. The maximum absolute atomic E-state index is 12.5. The fourth-order valence-corrected chi connectivity index (χ4v) is 2.46. The van der Waals surface area contributed by atoms with Crippen molar-refractivity contribution in [2.24, 2.45) is 0 Å². The Balaban J connectivity index is 0.000000615.